The average molecular weight is 378 g/mol. The summed E-state index contributed by atoms with van der Waals surface area (Å²) >= 11 is 0. The largest absolute Gasteiger partial charge is 0.497 e. The summed E-state index contributed by atoms with van der Waals surface area (Å²) in [6.45, 7) is 3.10. The molecule has 3 heterocycles. The lowest BCUT2D eigenvalue weighted by molar-refractivity contribution is -0.0351. The van der Waals surface area contributed by atoms with Crippen molar-refractivity contribution in [3.8, 4) is 5.75 Å². The van der Waals surface area contributed by atoms with Crippen molar-refractivity contribution >= 4 is 11.8 Å². The minimum Gasteiger partial charge on any atom is -0.497 e. The summed E-state index contributed by atoms with van der Waals surface area (Å²) in [5.74, 6) is 1.95. The number of benzene rings is 1. The molecule has 1 N–H and O–H groups in total. The zero-order chi connectivity index (χ0) is 19.2. The average Bonchev–Trinajstić information content (AvgIpc) is 2.75. The SMILES string of the molecule is COc1cccc(CN2CCO[C@H](c3cncc(Nc4ncccn4)n3)C2)c1. The van der Waals surface area contributed by atoms with Crippen LogP contribution in [0.4, 0.5) is 11.8 Å². The van der Waals surface area contributed by atoms with Gasteiger partial charge in [-0.1, -0.05) is 12.1 Å². The summed E-state index contributed by atoms with van der Waals surface area (Å²) in [5.41, 5.74) is 2.00. The second kappa shape index (κ2) is 8.73. The quantitative estimate of drug-likeness (QED) is 0.701. The van der Waals surface area contributed by atoms with Gasteiger partial charge in [0.2, 0.25) is 5.95 Å². The van der Waals surface area contributed by atoms with E-state index in [-0.39, 0.29) is 6.10 Å². The molecular weight excluding hydrogens is 356 g/mol. The Morgan fingerprint density at radius 1 is 1.21 bits per heavy atom. The summed E-state index contributed by atoms with van der Waals surface area (Å²) in [4.78, 5) is 19.6. The maximum Gasteiger partial charge on any atom is 0.228 e. The molecule has 1 aromatic carbocycles. The molecule has 8 nitrogen and oxygen atoms in total. The Kier molecular flexibility index (Phi) is 5.69. The van der Waals surface area contributed by atoms with Crippen molar-refractivity contribution in [3.05, 3.63) is 66.4 Å². The van der Waals surface area contributed by atoms with Crippen LogP contribution in [-0.4, -0.2) is 51.6 Å². The Bertz CT molecular complexity index is 908. The van der Waals surface area contributed by atoms with Gasteiger partial charge >= 0.3 is 0 Å². The first kappa shape index (κ1) is 18.3. The van der Waals surface area contributed by atoms with Crippen LogP contribution in [0.1, 0.15) is 17.4 Å². The highest BCUT2D eigenvalue weighted by molar-refractivity contribution is 5.45. The summed E-state index contributed by atoms with van der Waals surface area (Å²) in [5, 5.41) is 3.07. The summed E-state index contributed by atoms with van der Waals surface area (Å²) in [7, 11) is 1.68. The number of nitrogens with zero attached hydrogens (tertiary/aromatic N) is 5. The molecule has 3 aromatic rings. The summed E-state index contributed by atoms with van der Waals surface area (Å²) in [6, 6.07) is 9.90. The molecule has 1 aliphatic rings. The van der Waals surface area contributed by atoms with Gasteiger partial charge in [-0.25, -0.2) is 15.0 Å². The number of morpholine rings is 1. The monoisotopic (exact) mass is 378 g/mol. The van der Waals surface area contributed by atoms with Crippen molar-refractivity contribution in [2.45, 2.75) is 12.6 Å². The zero-order valence-electron chi connectivity index (χ0n) is 15.7. The Morgan fingerprint density at radius 2 is 2.11 bits per heavy atom. The van der Waals surface area contributed by atoms with E-state index in [1.165, 1.54) is 5.56 Å². The normalized spacial score (nSPS) is 17.2. The lowest BCUT2D eigenvalue weighted by Crippen LogP contribution is -2.38. The number of methoxy groups -OCH3 is 1. The predicted octanol–water partition coefficient (Wildman–Crippen LogP) is 2.59. The van der Waals surface area contributed by atoms with Gasteiger partial charge in [0.15, 0.2) is 5.82 Å². The van der Waals surface area contributed by atoms with E-state index in [0.29, 0.717) is 18.4 Å². The molecule has 1 fully saturated rings. The molecule has 4 rings (SSSR count). The van der Waals surface area contributed by atoms with Crippen LogP contribution in [0.3, 0.4) is 0 Å². The highest BCUT2D eigenvalue weighted by Gasteiger charge is 2.24. The second-order valence-electron chi connectivity index (χ2n) is 6.47. The van der Waals surface area contributed by atoms with Crippen LogP contribution in [0.2, 0.25) is 0 Å². The molecule has 144 valence electrons. The van der Waals surface area contributed by atoms with E-state index in [2.05, 4.69) is 42.3 Å². The van der Waals surface area contributed by atoms with Gasteiger partial charge in [-0.05, 0) is 23.8 Å². The number of aromatic nitrogens is 4. The molecule has 1 saturated heterocycles. The maximum atomic E-state index is 5.95. The Balaban J connectivity index is 1.43. The minimum absolute atomic E-state index is 0.134. The number of ether oxygens (including phenoxy) is 2. The van der Waals surface area contributed by atoms with E-state index in [1.807, 2.05) is 12.1 Å². The van der Waals surface area contributed by atoms with Crippen LogP contribution in [0.15, 0.2) is 55.1 Å². The van der Waals surface area contributed by atoms with Crippen molar-refractivity contribution in [2.75, 3.05) is 32.1 Å². The van der Waals surface area contributed by atoms with Crippen LogP contribution in [0, 0.1) is 0 Å². The topological polar surface area (TPSA) is 85.3 Å². The fourth-order valence-corrected chi connectivity index (χ4v) is 3.13. The lowest BCUT2D eigenvalue weighted by atomic mass is 10.1. The third-order valence-electron chi connectivity index (χ3n) is 4.48. The summed E-state index contributed by atoms with van der Waals surface area (Å²) < 4.78 is 11.3. The molecule has 28 heavy (non-hydrogen) atoms. The molecule has 0 unspecified atom stereocenters. The minimum atomic E-state index is -0.134. The van der Waals surface area contributed by atoms with Crippen molar-refractivity contribution in [1.82, 2.24) is 24.8 Å². The summed E-state index contributed by atoms with van der Waals surface area (Å²) in [6.07, 6.45) is 6.61. The van der Waals surface area contributed by atoms with Crippen LogP contribution in [-0.2, 0) is 11.3 Å². The smallest absolute Gasteiger partial charge is 0.228 e. The van der Waals surface area contributed by atoms with Gasteiger partial charge in [0.05, 0.1) is 31.8 Å². The highest BCUT2D eigenvalue weighted by Crippen LogP contribution is 2.23. The van der Waals surface area contributed by atoms with Crippen LogP contribution in [0.5, 0.6) is 5.75 Å². The van der Waals surface area contributed by atoms with Gasteiger partial charge in [0.1, 0.15) is 11.9 Å². The molecule has 2 aromatic heterocycles. The van der Waals surface area contributed by atoms with Crippen molar-refractivity contribution in [3.63, 3.8) is 0 Å². The van der Waals surface area contributed by atoms with Crippen molar-refractivity contribution in [2.24, 2.45) is 0 Å². The number of rotatable bonds is 6. The fraction of sp³-hybridized carbons (Fsp3) is 0.300. The maximum absolute atomic E-state index is 5.95. The third-order valence-corrected chi connectivity index (χ3v) is 4.48. The Morgan fingerprint density at radius 3 is 2.96 bits per heavy atom. The molecule has 0 spiro atoms. The fourth-order valence-electron chi connectivity index (χ4n) is 3.13. The van der Waals surface area contributed by atoms with Crippen LogP contribution in [0.25, 0.3) is 0 Å². The molecular formula is C20H22N6O2. The highest BCUT2D eigenvalue weighted by atomic mass is 16.5. The van der Waals surface area contributed by atoms with Crippen LogP contribution < -0.4 is 10.1 Å². The molecule has 0 aliphatic carbocycles. The predicted molar refractivity (Wildman–Crippen MR) is 104 cm³/mol. The van der Waals surface area contributed by atoms with Gasteiger partial charge in [-0.2, -0.15) is 0 Å². The Labute approximate surface area is 163 Å². The lowest BCUT2D eigenvalue weighted by Gasteiger charge is -2.32. The molecule has 1 aliphatic heterocycles. The number of hydrogen-bond donors (Lipinski definition) is 1. The second-order valence-corrected chi connectivity index (χ2v) is 6.47. The van der Waals surface area contributed by atoms with Gasteiger partial charge < -0.3 is 14.8 Å². The first-order valence-electron chi connectivity index (χ1n) is 9.13. The van der Waals surface area contributed by atoms with E-state index in [0.717, 1.165) is 31.1 Å². The van der Waals surface area contributed by atoms with Crippen molar-refractivity contribution < 1.29 is 9.47 Å². The van der Waals surface area contributed by atoms with Gasteiger partial charge in [-0.15, -0.1) is 0 Å². The molecule has 0 bridgehead atoms. The zero-order valence-corrected chi connectivity index (χ0v) is 15.7. The first-order chi connectivity index (χ1) is 13.8. The Hall–Kier alpha value is -3.10. The van der Waals surface area contributed by atoms with E-state index in [9.17, 15) is 0 Å². The van der Waals surface area contributed by atoms with Crippen molar-refractivity contribution in [1.29, 1.82) is 0 Å². The molecule has 1 atom stereocenters. The van der Waals surface area contributed by atoms with Gasteiger partial charge in [-0.3, -0.25) is 9.88 Å². The molecule has 0 radical (unpaired) electrons. The van der Waals surface area contributed by atoms with E-state index in [4.69, 9.17) is 9.47 Å². The van der Waals surface area contributed by atoms with Gasteiger partial charge in [0, 0.05) is 32.0 Å². The van der Waals surface area contributed by atoms with E-state index < -0.39 is 0 Å². The van der Waals surface area contributed by atoms with Gasteiger partial charge in [0.25, 0.3) is 0 Å². The molecule has 0 saturated carbocycles. The third kappa shape index (κ3) is 4.59. The van der Waals surface area contributed by atoms with Crippen LogP contribution >= 0.6 is 0 Å². The number of nitrogens with one attached hydrogen (secondary N) is 1. The number of hydrogen-bond acceptors (Lipinski definition) is 8. The standard InChI is InChI=1S/C20H22N6O2/c1-27-16-5-2-4-15(10-16)13-26-8-9-28-18(14-26)17-11-21-12-19(24-17)25-20-22-6-3-7-23-20/h2-7,10-12,18H,8-9,13-14H2,1H3,(H,22,23,24,25)/t18-/m0/s1. The molecule has 0 amide bonds. The van der Waals surface area contributed by atoms with E-state index in [1.54, 1.807) is 38.0 Å². The first-order valence-corrected chi connectivity index (χ1v) is 9.13. The molecule has 8 heteroatoms. The number of anilines is 2. The van der Waals surface area contributed by atoms with E-state index >= 15 is 0 Å².